The van der Waals surface area contributed by atoms with Gasteiger partial charge in [-0.15, -0.1) is 0 Å². The number of para-hydroxylation sites is 1. The zero-order valence-electron chi connectivity index (χ0n) is 13.1. The van der Waals surface area contributed by atoms with Crippen LogP contribution in [0, 0.1) is 0 Å². The molecule has 0 aliphatic rings. The van der Waals surface area contributed by atoms with Gasteiger partial charge in [-0.25, -0.2) is 0 Å². The van der Waals surface area contributed by atoms with E-state index in [1.54, 1.807) is 0 Å². The van der Waals surface area contributed by atoms with E-state index in [1.165, 1.54) is 16.8 Å². The molecular weight excluding hydrogens is 264 g/mol. The molecule has 20 heavy (non-hydrogen) atoms. The standard InChI is InChI=1S/C17H26N2S/c1-6-14-10-9-11-15(7-2)16(14)18-17(20)19(8-3)12-13(4)5/h9-11H,4,6-8,12H2,1-3,5H3,(H,18,20). The monoisotopic (exact) mass is 290 g/mol. The summed E-state index contributed by atoms with van der Waals surface area (Å²) in [5.74, 6) is 0. The summed E-state index contributed by atoms with van der Waals surface area (Å²) in [6.07, 6.45) is 2.01. The fourth-order valence-electron chi connectivity index (χ4n) is 2.24. The van der Waals surface area contributed by atoms with Crippen molar-refractivity contribution in [3.05, 3.63) is 41.5 Å². The number of hydrogen-bond donors (Lipinski definition) is 1. The van der Waals surface area contributed by atoms with Crippen LogP contribution in [0.5, 0.6) is 0 Å². The quantitative estimate of drug-likeness (QED) is 0.617. The number of nitrogens with zero attached hydrogens (tertiary/aromatic N) is 1. The molecule has 0 spiro atoms. The molecule has 110 valence electrons. The van der Waals surface area contributed by atoms with Crippen LogP contribution in [0.15, 0.2) is 30.4 Å². The highest BCUT2D eigenvalue weighted by atomic mass is 32.1. The Labute approximate surface area is 128 Å². The average molecular weight is 290 g/mol. The van der Waals surface area contributed by atoms with E-state index >= 15 is 0 Å². The largest absolute Gasteiger partial charge is 0.345 e. The molecule has 0 aromatic heterocycles. The van der Waals surface area contributed by atoms with E-state index < -0.39 is 0 Å². The molecule has 0 heterocycles. The smallest absolute Gasteiger partial charge is 0.173 e. The van der Waals surface area contributed by atoms with Crippen LogP contribution in [-0.4, -0.2) is 23.1 Å². The third-order valence-corrected chi connectivity index (χ3v) is 3.72. The van der Waals surface area contributed by atoms with E-state index in [0.717, 1.165) is 36.6 Å². The lowest BCUT2D eigenvalue weighted by Crippen LogP contribution is -2.36. The minimum absolute atomic E-state index is 0.783. The van der Waals surface area contributed by atoms with Crippen molar-refractivity contribution in [2.45, 2.75) is 40.5 Å². The van der Waals surface area contributed by atoms with Crippen LogP contribution in [0.1, 0.15) is 38.8 Å². The van der Waals surface area contributed by atoms with Crippen LogP contribution in [0.4, 0.5) is 5.69 Å². The highest BCUT2D eigenvalue weighted by Gasteiger charge is 2.12. The molecule has 0 saturated carbocycles. The number of aryl methyl sites for hydroxylation is 2. The Balaban J connectivity index is 2.96. The highest BCUT2D eigenvalue weighted by molar-refractivity contribution is 7.80. The maximum atomic E-state index is 5.56. The Morgan fingerprint density at radius 2 is 1.75 bits per heavy atom. The van der Waals surface area contributed by atoms with Gasteiger partial charge in [-0.05, 0) is 50.0 Å². The van der Waals surface area contributed by atoms with Gasteiger partial charge in [0.15, 0.2) is 5.11 Å². The van der Waals surface area contributed by atoms with Crippen molar-refractivity contribution >= 4 is 23.0 Å². The molecule has 0 atom stereocenters. The summed E-state index contributed by atoms with van der Waals surface area (Å²) in [5.41, 5.74) is 4.94. The van der Waals surface area contributed by atoms with Crippen LogP contribution < -0.4 is 5.32 Å². The lowest BCUT2D eigenvalue weighted by atomic mass is 10.0. The number of hydrogen-bond acceptors (Lipinski definition) is 1. The van der Waals surface area contributed by atoms with Crippen LogP contribution in [0.25, 0.3) is 0 Å². The third kappa shape index (κ3) is 4.34. The number of thiocarbonyl (C=S) groups is 1. The van der Waals surface area contributed by atoms with Crippen LogP contribution >= 0.6 is 12.2 Å². The Morgan fingerprint density at radius 3 is 2.15 bits per heavy atom. The fourth-order valence-corrected chi connectivity index (χ4v) is 2.54. The first kappa shape index (κ1) is 16.7. The topological polar surface area (TPSA) is 15.3 Å². The van der Waals surface area contributed by atoms with Gasteiger partial charge in [0.25, 0.3) is 0 Å². The number of benzene rings is 1. The molecule has 1 aromatic rings. The molecule has 0 aliphatic carbocycles. The Kier molecular flexibility index (Phi) is 6.73. The maximum absolute atomic E-state index is 5.56. The predicted octanol–water partition coefficient (Wildman–Crippen LogP) is 4.41. The predicted molar refractivity (Wildman–Crippen MR) is 93.5 cm³/mol. The van der Waals surface area contributed by atoms with Crippen molar-refractivity contribution in [1.29, 1.82) is 0 Å². The highest BCUT2D eigenvalue weighted by Crippen LogP contribution is 2.23. The molecule has 0 saturated heterocycles. The summed E-state index contributed by atoms with van der Waals surface area (Å²) in [5, 5.41) is 4.24. The summed E-state index contributed by atoms with van der Waals surface area (Å²) >= 11 is 5.56. The molecule has 0 amide bonds. The summed E-state index contributed by atoms with van der Waals surface area (Å²) in [4.78, 5) is 2.14. The van der Waals surface area contributed by atoms with Crippen molar-refractivity contribution < 1.29 is 0 Å². The molecule has 0 unspecified atom stereocenters. The Bertz CT molecular complexity index is 458. The molecule has 0 radical (unpaired) electrons. The van der Waals surface area contributed by atoms with Gasteiger partial charge in [0, 0.05) is 18.8 Å². The van der Waals surface area contributed by atoms with Crippen molar-refractivity contribution in [3.63, 3.8) is 0 Å². The minimum atomic E-state index is 0.783. The van der Waals surface area contributed by atoms with Gasteiger partial charge in [-0.1, -0.05) is 44.2 Å². The normalized spacial score (nSPS) is 10.2. The third-order valence-electron chi connectivity index (χ3n) is 3.36. The Hall–Kier alpha value is -1.35. The molecule has 0 fully saturated rings. The first-order valence-electron chi connectivity index (χ1n) is 7.34. The first-order valence-corrected chi connectivity index (χ1v) is 7.75. The number of nitrogens with one attached hydrogen (secondary N) is 1. The van der Waals surface area contributed by atoms with Crippen molar-refractivity contribution in [2.75, 3.05) is 18.4 Å². The van der Waals surface area contributed by atoms with Gasteiger partial charge >= 0.3 is 0 Å². The minimum Gasteiger partial charge on any atom is -0.345 e. The van der Waals surface area contributed by atoms with Crippen LogP contribution in [-0.2, 0) is 12.8 Å². The van der Waals surface area contributed by atoms with Crippen molar-refractivity contribution in [3.8, 4) is 0 Å². The molecule has 3 heteroatoms. The second-order valence-corrected chi connectivity index (χ2v) is 5.45. The first-order chi connectivity index (χ1) is 9.53. The summed E-state index contributed by atoms with van der Waals surface area (Å²) in [6, 6.07) is 6.45. The average Bonchev–Trinajstić information content (AvgIpc) is 2.44. The van der Waals surface area contributed by atoms with Crippen LogP contribution in [0.2, 0.25) is 0 Å². The van der Waals surface area contributed by atoms with Gasteiger partial charge in [-0.2, -0.15) is 0 Å². The van der Waals surface area contributed by atoms with E-state index in [-0.39, 0.29) is 0 Å². The van der Waals surface area contributed by atoms with Gasteiger partial charge in [0.1, 0.15) is 0 Å². The zero-order valence-corrected chi connectivity index (χ0v) is 13.9. The lowest BCUT2D eigenvalue weighted by molar-refractivity contribution is 0.484. The molecule has 1 aromatic carbocycles. The molecular formula is C17H26N2S. The lowest BCUT2D eigenvalue weighted by Gasteiger charge is -2.26. The van der Waals surface area contributed by atoms with E-state index in [4.69, 9.17) is 12.2 Å². The molecule has 0 bridgehead atoms. The van der Waals surface area contributed by atoms with Gasteiger partial charge in [0.2, 0.25) is 0 Å². The van der Waals surface area contributed by atoms with Crippen molar-refractivity contribution in [2.24, 2.45) is 0 Å². The van der Waals surface area contributed by atoms with E-state index in [2.05, 4.69) is 55.8 Å². The summed E-state index contributed by atoms with van der Waals surface area (Å²) in [7, 11) is 0. The van der Waals surface area contributed by atoms with Gasteiger partial charge in [-0.3, -0.25) is 0 Å². The fraction of sp³-hybridized carbons (Fsp3) is 0.471. The molecule has 1 N–H and O–H groups in total. The summed E-state index contributed by atoms with van der Waals surface area (Å²) < 4.78 is 0. The second kappa shape index (κ2) is 8.05. The molecule has 0 aliphatic heterocycles. The van der Waals surface area contributed by atoms with Crippen molar-refractivity contribution in [1.82, 2.24) is 4.90 Å². The number of rotatable bonds is 6. The zero-order chi connectivity index (χ0) is 15.1. The van der Waals surface area contributed by atoms with E-state index in [0.29, 0.717) is 0 Å². The Morgan fingerprint density at radius 1 is 1.20 bits per heavy atom. The maximum Gasteiger partial charge on any atom is 0.173 e. The van der Waals surface area contributed by atoms with Gasteiger partial charge < -0.3 is 10.2 Å². The molecule has 1 rings (SSSR count). The molecule has 2 nitrogen and oxygen atoms in total. The SMILES string of the molecule is C=C(C)CN(CC)C(=S)Nc1c(CC)cccc1CC. The van der Waals surface area contributed by atoms with E-state index in [9.17, 15) is 0 Å². The number of likely N-dealkylation sites (N-methyl/N-ethyl adjacent to an activating group) is 1. The second-order valence-electron chi connectivity index (χ2n) is 5.06. The number of anilines is 1. The van der Waals surface area contributed by atoms with E-state index in [1.807, 2.05) is 6.92 Å². The van der Waals surface area contributed by atoms with Gasteiger partial charge in [0.05, 0.1) is 0 Å². The van der Waals surface area contributed by atoms with Crippen LogP contribution in [0.3, 0.4) is 0 Å². The summed E-state index contributed by atoms with van der Waals surface area (Å²) in [6.45, 7) is 14.2.